The number of hydrogen-bond donors (Lipinski definition) is 1. The van der Waals surface area contributed by atoms with Gasteiger partial charge in [0.15, 0.2) is 9.84 Å². The van der Waals surface area contributed by atoms with E-state index >= 15 is 0 Å². The molecule has 1 aliphatic heterocycles. The molecule has 1 aromatic rings. The summed E-state index contributed by atoms with van der Waals surface area (Å²) < 4.78 is 27.7. The maximum atomic E-state index is 11.3. The average molecular weight is 274 g/mol. The lowest BCUT2D eigenvalue weighted by atomic mass is 10.3. The molecular weight excluding hydrogens is 256 g/mol. The number of hydrogen-bond acceptors (Lipinski definition) is 7. The molecule has 0 aliphatic carbocycles. The van der Waals surface area contributed by atoms with Gasteiger partial charge in [0.05, 0.1) is 18.1 Å². The van der Waals surface area contributed by atoms with Crippen molar-refractivity contribution in [1.82, 2.24) is 15.5 Å². The van der Waals surface area contributed by atoms with Crippen LogP contribution in [-0.4, -0.2) is 49.7 Å². The van der Waals surface area contributed by atoms with Crippen molar-refractivity contribution in [2.24, 2.45) is 0 Å². The summed E-state index contributed by atoms with van der Waals surface area (Å²) in [5.74, 6) is 1.49. The number of rotatable bonds is 5. The number of sulfone groups is 1. The van der Waals surface area contributed by atoms with Crippen molar-refractivity contribution in [2.45, 2.75) is 25.9 Å². The highest BCUT2D eigenvalue weighted by molar-refractivity contribution is 7.91. The molecule has 1 aromatic heterocycles. The lowest BCUT2D eigenvalue weighted by molar-refractivity contribution is 0.359. The van der Waals surface area contributed by atoms with Gasteiger partial charge in [0.1, 0.15) is 0 Å². The third-order valence-electron chi connectivity index (χ3n) is 3.05. The van der Waals surface area contributed by atoms with Crippen LogP contribution in [0.3, 0.4) is 0 Å². The molecule has 7 nitrogen and oxygen atoms in total. The van der Waals surface area contributed by atoms with Crippen LogP contribution in [0.2, 0.25) is 0 Å². The van der Waals surface area contributed by atoms with Crippen LogP contribution in [-0.2, 0) is 16.4 Å². The SMILES string of the molecule is CCN(C)c1noc(CNC2CCS(=O)(=O)C2)n1. The predicted molar refractivity (Wildman–Crippen MR) is 67.1 cm³/mol. The highest BCUT2D eigenvalue weighted by Crippen LogP contribution is 2.12. The first-order valence-electron chi connectivity index (χ1n) is 5.97. The summed E-state index contributed by atoms with van der Waals surface area (Å²) in [6.07, 6.45) is 0.651. The van der Waals surface area contributed by atoms with Gasteiger partial charge in [0.25, 0.3) is 5.95 Å². The van der Waals surface area contributed by atoms with Crippen molar-refractivity contribution in [3.05, 3.63) is 5.89 Å². The first-order valence-corrected chi connectivity index (χ1v) is 7.80. The monoisotopic (exact) mass is 274 g/mol. The Morgan fingerprint density at radius 1 is 1.56 bits per heavy atom. The van der Waals surface area contributed by atoms with Gasteiger partial charge in [-0.15, -0.1) is 0 Å². The average Bonchev–Trinajstić information content (AvgIpc) is 2.92. The third-order valence-corrected chi connectivity index (χ3v) is 4.82. The lowest BCUT2D eigenvalue weighted by Crippen LogP contribution is -2.29. The van der Waals surface area contributed by atoms with Crippen LogP contribution in [0.25, 0.3) is 0 Å². The van der Waals surface area contributed by atoms with Gasteiger partial charge < -0.3 is 14.7 Å². The lowest BCUT2D eigenvalue weighted by Gasteiger charge is -2.09. The Labute approximate surface area is 106 Å². The molecule has 102 valence electrons. The van der Waals surface area contributed by atoms with E-state index in [4.69, 9.17) is 4.52 Å². The van der Waals surface area contributed by atoms with Crippen LogP contribution in [0.1, 0.15) is 19.2 Å². The first kappa shape index (κ1) is 13.3. The normalized spacial score (nSPS) is 22.2. The van der Waals surface area contributed by atoms with E-state index in [1.807, 2.05) is 18.9 Å². The van der Waals surface area contributed by atoms with Gasteiger partial charge in [-0.25, -0.2) is 8.42 Å². The number of nitrogens with one attached hydrogen (secondary N) is 1. The smallest absolute Gasteiger partial charge is 0.265 e. The van der Waals surface area contributed by atoms with Crippen molar-refractivity contribution in [1.29, 1.82) is 0 Å². The Hall–Kier alpha value is -1.15. The maximum absolute atomic E-state index is 11.3. The Kier molecular flexibility index (Phi) is 3.86. The number of nitrogens with zero attached hydrogens (tertiary/aromatic N) is 3. The second-order valence-electron chi connectivity index (χ2n) is 4.48. The van der Waals surface area contributed by atoms with Gasteiger partial charge in [-0.2, -0.15) is 4.98 Å². The molecule has 1 atom stereocenters. The summed E-state index contributed by atoms with van der Waals surface area (Å²) in [7, 11) is -0.969. The van der Waals surface area contributed by atoms with E-state index in [1.165, 1.54) is 0 Å². The van der Waals surface area contributed by atoms with E-state index in [2.05, 4.69) is 15.5 Å². The largest absolute Gasteiger partial charge is 0.342 e. The first-order chi connectivity index (χ1) is 8.50. The molecule has 0 radical (unpaired) electrons. The van der Waals surface area contributed by atoms with Crippen molar-refractivity contribution >= 4 is 15.8 Å². The van der Waals surface area contributed by atoms with Crippen molar-refractivity contribution in [2.75, 3.05) is 30.0 Å². The van der Waals surface area contributed by atoms with E-state index < -0.39 is 9.84 Å². The molecule has 1 unspecified atom stereocenters. The van der Waals surface area contributed by atoms with Crippen molar-refractivity contribution in [3.8, 4) is 0 Å². The van der Waals surface area contributed by atoms with Crippen LogP contribution in [0.5, 0.6) is 0 Å². The minimum atomic E-state index is -2.85. The topological polar surface area (TPSA) is 88.3 Å². The van der Waals surface area contributed by atoms with Crippen molar-refractivity contribution in [3.63, 3.8) is 0 Å². The van der Waals surface area contributed by atoms with Crippen molar-refractivity contribution < 1.29 is 12.9 Å². The fourth-order valence-electron chi connectivity index (χ4n) is 1.80. The van der Waals surface area contributed by atoms with E-state index in [-0.39, 0.29) is 17.5 Å². The second kappa shape index (κ2) is 5.23. The van der Waals surface area contributed by atoms with Gasteiger partial charge in [0, 0.05) is 19.6 Å². The van der Waals surface area contributed by atoms with E-state index in [0.29, 0.717) is 24.8 Å². The predicted octanol–water partition coefficient (Wildman–Crippen LogP) is -0.198. The fraction of sp³-hybridized carbons (Fsp3) is 0.800. The maximum Gasteiger partial charge on any atom is 0.265 e. The van der Waals surface area contributed by atoms with E-state index in [9.17, 15) is 8.42 Å². The summed E-state index contributed by atoms with van der Waals surface area (Å²) in [5, 5.41) is 6.97. The zero-order valence-electron chi connectivity index (χ0n) is 10.6. The molecule has 1 N–H and O–H groups in total. The van der Waals surface area contributed by atoms with Gasteiger partial charge in [-0.05, 0) is 18.5 Å². The minimum absolute atomic E-state index is 0.00532. The highest BCUT2D eigenvalue weighted by atomic mass is 32.2. The summed E-state index contributed by atoms with van der Waals surface area (Å²) >= 11 is 0. The van der Waals surface area contributed by atoms with E-state index in [0.717, 1.165) is 6.54 Å². The molecule has 1 fully saturated rings. The van der Waals surface area contributed by atoms with Gasteiger partial charge in [-0.1, -0.05) is 0 Å². The third kappa shape index (κ3) is 3.20. The summed E-state index contributed by atoms with van der Waals surface area (Å²) in [6, 6.07) is -0.00532. The number of anilines is 1. The summed E-state index contributed by atoms with van der Waals surface area (Å²) in [4.78, 5) is 6.08. The minimum Gasteiger partial charge on any atom is -0.342 e. The van der Waals surface area contributed by atoms with Crippen LogP contribution in [0.4, 0.5) is 5.95 Å². The number of aromatic nitrogens is 2. The van der Waals surface area contributed by atoms with Crippen LogP contribution >= 0.6 is 0 Å². The fourth-order valence-corrected chi connectivity index (χ4v) is 3.51. The molecule has 0 bridgehead atoms. The molecule has 0 spiro atoms. The summed E-state index contributed by atoms with van der Waals surface area (Å²) in [6.45, 7) is 3.20. The molecule has 0 aromatic carbocycles. The molecule has 2 heterocycles. The van der Waals surface area contributed by atoms with Crippen LogP contribution < -0.4 is 10.2 Å². The zero-order chi connectivity index (χ0) is 13.2. The molecule has 2 rings (SSSR count). The molecular formula is C10H18N4O3S. The zero-order valence-corrected chi connectivity index (χ0v) is 11.4. The highest BCUT2D eigenvalue weighted by Gasteiger charge is 2.27. The molecule has 1 aliphatic rings. The van der Waals surface area contributed by atoms with Gasteiger partial charge >= 0.3 is 0 Å². The Balaban J connectivity index is 1.86. The molecule has 0 saturated carbocycles. The van der Waals surface area contributed by atoms with E-state index in [1.54, 1.807) is 0 Å². The molecule has 0 amide bonds. The quantitative estimate of drug-likeness (QED) is 0.795. The Morgan fingerprint density at radius 2 is 2.33 bits per heavy atom. The standard InChI is InChI=1S/C10H18N4O3S/c1-3-14(2)10-12-9(17-13-10)6-11-8-4-5-18(15,16)7-8/h8,11H,3-7H2,1-2H3. The second-order valence-corrected chi connectivity index (χ2v) is 6.71. The van der Waals surface area contributed by atoms with Gasteiger partial charge in [-0.3, -0.25) is 0 Å². The van der Waals surface area contributed by atoms with Crippen LogP contribution in [0, 0.1) is 0 Å². The van der Waals surface area contributed by atoms with Gasteiger partial charge in [0.2, 0.25) is 5.89 Å². The Morgan fingerprint density at radius 3 is 2.94 bits per heavy atom. The molecule has 1 saturated heterocycles. The van der Waals surface area contributed by atoms with Crippen LogP contribution in [0.15, 0.2) is 4.52 Å². The Bertz CT molecular complexity index is 499. The summed E-state index contributed by atoms with van der Waals surface area (Å²) in [5.41, 5.74) is 0. The molecule has 8 heteroatoms. The molecule has 18 heavy (non-hydrogen) atoms.